The number of unbranched alkanes of at least 4 members (excludes halogenated alkanes) is 1. The van der Waals surface area contributed by atoms with Gasteiger partial charge in [-0.05, 0) is 31.2 Å². The summed E-state index contributed by atoms with van der Waals surface area (Å²) in [5.41, 5.74) is 2.57. The van der Waals surface area contributed by atoms with Crippen LogP contribution in [-0.2, 0) is 9.53 Å². The lowest BCUT2D eigenvalue weighted by molar-refractivity contribution is -0.119. The Morgan fingerprint density at radius 3 is 2.46 bits per heavy atom. The molecule has 0 atom stereocenters. The third kappa shape index (κ3) is 5.08. The molecule has 0 radical (unpaired) electrons. The molecule has 0 aromatic heterocycles. The van der Waals surface area contributed by atoms with Gasteiger partial charge in [0.05, 0.1) is 19.9 Å². The van der Waals surface area contributed by atoms with Crippen LogP contribution in [0.1, 0.15) is 52.9 Å². The molecule has 2 heterocycles. The Labute approximate surface area is 159 Å². The molecule has 2 aliphatic heterocycles. The second-order valence-corrected chi connectivity index (χ2v) is 8.98. The van der Waals surface area contributed by atoms with Crippen LogP contribution in [0.4, 0.5) is 0 Å². The van der Waals surface area contributed by atoms with E-state index in [4.69, 9.17) is 4.74 Å². The fourth-order valence-corrected chi connectivity index (χ4v) is 4.45. The lowest BCUT2D eigenvalue weighted by Crippen LogP contribution is -2.49. The molecule has 0 spiro atoms. The van der Waals surface area contributed by atoms with Gasteiger partial charge in [-0.25, -0.2) is 0 Å². The van der Waals surface area contributed by atoms with Crippen LogP contribution in [0.5, 0.6) is 0 Å². The monoisotopic (exact) mass is 363 g/mol. The van der Waals surface area contributed by atoms with Crippen molar-refractivity contribution in [2.45, 2.75) is 52.9 Å². The molecule has 0 bridgehead atoms. The largest absolute Gasteiger partial charge is 0.379 e. The van der Waals surface area contributed by atoms with Gasteiger partial charge in [0.2, 0.25) is 0 Å². The maximum Gasteiger partial charge on any atom is 0.162 e. The standard InChI is InChI=1S/C21H37N3O2/c1-4-5-9-24-17-23(8-6-7-22-10-12-26-13-11-22)16-18-19(24)14-21(2,3)15-20(18)25/h4-17H2,1-3H3. The Morgan fingerprint density at radius 2 is 1.73 bits per heavy atom. The summed E-state index contributed by atoms with van der Waals surface area (Å²) in [7, 11) is 0. The lowest BCUT2D eigenvalue weighted by atomic mass is 9.75. The predicted molar refractivity (Wildman–Crippen MR) is 105 cm³/mol. The number of allylic oxidation sites excluding steroid dienone is 1. The van der Waals surface area contributed by atoms with E-state index >= 15 is 0 Å². The van der Waals surface area contributed by atoms with E-state index in [1.807, 2.05) is 0 Å². The first-order chi connectivity index (χ1) is 12.5. The van der Waals surface area contributed by atoms with Crippen molar-refractivity contribution in [2.24, 2.45) is 5.41 Å². The van der Waals surface area contributed by atoms with Crippen LogP contribution in [0.25, 0.3) is 0 Å². The lowest BCUT2D eigenvalue weighted by Gasteiger charge is -2.45. The number of ether oxygens (including phenoxy) is 1. The summed E-state index contributed by atoms with van der Waals surface area (Å²) >= 11 is 0. The summed E-state index contributed by atoms with van der Waals surface area (Å²) in [6, 6.07) is 0. The van der Waals surface area contributed by atoms with Crippen LogP contribution in [0, 0.1) is 5.41 Å². The van der Waals surface area contributed by atoms with Gasteiger partial charge in [-0.2, -0.15) is 0 Å². The van der Waals surface area contributed by atoms with Gasteiger partial charge in [0.15, 0.2) is 5.78 Å². The number of ketones is 1. The minimum atomic E-state index is 0.110. The van der Waals surface area contributed by atoms with Crippen molar-refractivity contribution in [3.05, 3.63) is 11.3 Å². The van der Waals surface area contributed by atoms with Crippen LogP contribution in [0.2, 0.25) is 0 Å². The highest BCUT2D eigenvalue weighted by molar-refractivity contribution is 5.98. The SMILES string of the molecule is CCCCN1CN(CCCN2CCOCC2)CC2=C1CC(C)(C)CC2=O. The number of carbonyl (C=O) groups excluding carboxylic acids is 1. The van der Waals surface area contributed by atoms with Crippen molar-refractivity contribution in [3.8, 4) is 0 Å². The van der Waals surface area contributed by atoms with Gasteiger partial charge in [0.25, 0.3) is 0 Å². The molecule has 1 fully saturated rings. The van der Waals surface area contributed by atoms with Crippen molar-refractivity contribution in [1.82, 2.24) is 14.7 Å². The number of carbonyl (C=O) groups is 1. The Balaban J connectivity index is 1.61. The Bertz CT molecular complexity index is 523. The van der Waals surface area contributed by atoms with Crippen LogP contribution in [0.3, 0.4) is 0 Å². The van der Waals surface area contributed by atoms with Gasteiger partial charge in [-0.15, -0.1) is 0 Å². The third-order valence-corrected chi connectivity index (χ3v) is 5.94. The minimum absolute atomic E-state index is 0.110. The molecule has 0 aromatic rings. The highest BCUT2D eigenvalue weighted by Crippen LogP contribution is 2.40. The van der Waals surface area contributed by atoms with E-state index in [0.717, 1.165) is 71.1 Å². The summed E-state index contributed by atoms with van der Waals surface area (Å²) in [4.78, 5) is 20.3. The molecule has 0 saturated carbocycles. The number of rotatable bonds is 7. The molecular weight excluding hydrogens is 326 g/mol. The minimum Gasteiger partial charge on any atom is -0.379 e. The normalized spacial score (nSPS) is 24.9. The molecule has 5 nitrogen and oxygen atoms in total. The zero-order chi connectivity index (χ0) is 18.6. The van der Waals surface area contributed by atoms with E-state index in [2.05, 4.69) is 35.5 Å². The molecule has 0 unspecified atom stereocenters. The number of morpholine rings is 1. The zero-order valence-corrected chi connectivity index (χ0v) is 17.1. The average molecular weight is 364 g/mol. The van der Waals surface area contributed by atoms with Gasteiger partial charge in [-0.3, -0.25) is 14.6 Å². The quantitative estimate of drug-likeness (QED) is 0.695. The van der Waals surface area contributed by atoms with E-state index in [9.17, 15) is 4.79 Å². The van der Waals surface area contributed by atoms with E-state index in [1.165, 1.54) is 25.0 Å². The molecule has 5 heteroatoms. The summed E-state index contributed by atoms with van der Waals surface area (Å²) in [5, 5.41) is 0. The molecule has 1 saturated heterocycles. The second kappa shape index (κ2) is 8.85. The highest BCUT2D eigenvalue weighted by atomic mass is 16.5. The van der Waals surface area contributed by atoms with Gasteiger partial charge < -0.3 is 9.64 Å². The van der Waals surface area contributed by atoms with E-state index in [1.54, 1.807) is 0 Å². The maximum absolute atomic E-state index is 12.8. The summed E-state index contributed by atoms with van der Waals surface area (Å²) in [5.74, 6) is 0.385. The van der Waals surface area contributed by atoms with Crippen molar-refractivity contribution in [3.63, 3.8) is 0 Å². The van der Waals surface area contributed by atoms with E-state index in [0.29, 0.717) is 12.2 Å². The molecule has 148 valence electrons. The summed E-state index contributed by atoms with van der Waals surface area (Å²) in [6.45, 7) is 15.7. The first-order valence-electron chi connectivity index (χ1n) is 10.5. The maximum atomic E-state index is 12.8. The smallest absolute Gasteiger partial charge is 0.162 e. The predicted octanol–water partition coefficient (Wildman–Crippen LogP) is 2.73. The third-order valence-electron chi connectivity index (χ3n) is 5.94. The number of Topliss-reactive ketones (excluding diaryl/α,β-unsaturated/α-hetero) is 1. The van der Waals surface area contributed by atoms with Crippen molar-refractivity contribution in [2.75, 3.05) is 59.2 Å². The van der Waals surface area contributed by atoms with Crippen LogP contribution in [-0.4, -0.2) is 79.6 Å². The van der Waals surface area contributed by atoms with E-state index < -0.39 is 0 Å². The Kier molecular flexibility index (Phi) is 6.76. The topological polar surface area (TPSA) is 36.0 Å². The fourth-order valence-electron chi connectivity index (χ4n) is 4.45. The molecule has 0 amide bonds. The number of hydrogen-bond acceptors (Lipinski definition) is 5. The Hall–Kier alpha value is -0.910. The molecule has 0 N–H and O–H groups in total. The molecule has 3 rings (SSSR count). The molecule has 26 heavy (non-hydrogen) atoms. The van der Waals surface area contributed by atoms with Crippen LogP contribution < -0.4 is 0 Å². The molecule has 3 aliphatic rings. The number of hydrogen-bond donors (Lipinski definition) is 0. The summed E-state index contributed by atoms with van der Waals surface area (Å²) < 4.78 is 5.43. The van der Waals surface area contributed by atoms with Crippen molar-refractivity contribution < 1.29 is 9.53 Å². The first kappa shape index (κ1) is 19.8. The van der Waals surface area contributed by atoms with Crippen LogP contribution in [0.15, 0.2) is 11.3 Å². The molecule has 1 aliphatic carbocycles. The van der Waals surface area contributed by atoms with Gasteiger partial charge in [0, 0.05) is 50.4 Å². The van der Waals surface area contributed by atoms with Crippen molar-refractivity contribution in [1.29, 1.82) is 0 Å². The van der Waals surface area contributed by atoms with Gasteiger partial charge >= 0.3 is 0 Å². The van der Waals surface area contributed by atoms with Crippen LogP contribution >= 0.6 is 0 Å². The zero-order valence-electron chi connectivity index (χ0n) is 17.1. The summed E-state index contributed by atoms with van der Waals surface area (Å²) in [6.07, 6.45) is 5.33. The average Bonchev–Trinajstić information content (AvgIpc) is 2.60. The van der Waals surface area contributed by atoms with Gasteiger partial charge in [0.1, 0.15) is 0 Å². The van der Waals surface area contributed by atoms with E-state index in [-0.39, 0.29) is 5.41 Å². The highest BCUT2D eigenvalue weighted by Gasteiger charge is 2.38. The fraction of sp³-hybridized carbons (Fsp3) is 0.857. The first-order valence-corrected chi connectivity index (χ1v) is 10.5. The van der Waals surface area contributed by atoms with Crippen molar-refractivity contribution >= 4 is 5.78 Å². The van der Waals surface area contributed by atoms with Gasteiger partial charge in [-0.1, -0.05) is 27.2 Å². The molecular formula is C21H37N3O2. The molecule has 0 aromatic carbocycles. The Morgan fingerprint density at radius 1 is 1.00 bits per heavy atom. The second-order valence-electron chi connectivity index (χ2n) is 8.98. The number of nitrogens with zero attached hydrogens (tertiary/aromatic N) is 3.